The molecule has 0 saturated heterocycles. The van der Waals surface area contributed by atoms with E-state index in [1.807, 2.05) is 42.5 Å². The van der Waals surface area contributed by atoms with Crippen LogP contribution in [0, 0.1) is 0 Å². The van der Waals surface area contributed by atoms with Crippen molar-refractivity contribution in [3.63, 3.8) is 0 Å². The topological polar surface area (TPSA) is 24.7 Å². The first-order valence-corrected chi connectivity index (χ1v) is 4.67. The maximum absolute atomic E-state index is 5.56. The third-order valence-electron chi connectivity index (χ3n) is 1.93. The molecule has 0 bridgehead atoms. The minimum Gasteiger partial charge on any atom is -0.151 e. The van der Waals surface area contributed by atoms with Gasteiger partial charge < -0.3 is 0 Å². The molecule has 0 N–H and O–H groups in total. The van der Waals surface area contributed by atoms with Crippen LogP contribution in [0.4, 0.5) is 11.4 Å². The summed E-state index contributed by atoms with van der Waals surface area (Å²) in [5, 5.41) is 8.18. The predicted molar refractivity (Wildman–Crippen MR) is 62.4 cm³/mol. The Labute approximate surface area is 90.1 Å². The largest absolute Gasteiger partial charge is 0.151 e. The zero-order valence-corrected chi connectivity index (χ0v) is 8.17. The summed E-state index contributed by atoms with van der Waals surface area (Å²) in [6.07, 6.45) is 0. The fraction of sp³-hybridized carbons (Fsp3) is 0. The van der Waals surface area contributed by atoms with Gasteiger partial charge in [-0.25, -0.2) is 0 Å². The van der Waals surface area contributed by atoms with Crippen molar-refractivity contribution >= 4 is 24.7 Å². The van der Waals surface area contributed by atoms with Gasteiger partial charge in [-0.05, 0) is 24.3 Å². The van der Waals surface area contributed by atoms with E-state index >= 15 is 0 Å². The zero-order valence-electron chi connectivity index (χ0n) is 8.17. The minimum atomic E-state index is 0.730. The highest BCUT2D eigenvalue weighted by Crippen LogP contribution is 2.16. The lowest BCUT2D eigenvalue weighted by atomic mass is 9.96. The van der Waals surface area contributed by atoms with Crippen LogP contribution in [0.25, 0.3) is 0 Å². The van der Waals surface area contributed by atoms with Crippen molar-refractivity contribution in [1.29, 1.82) is 0 Å². The maximum atomic E-state index is 5.56. The Balaban J connectivity index is 2.15. The fourth-order valence-electron chi connectivity index (χ4n) is 1.15. The monoisotopic (exact) mass is 192 g/mol. The second-order valence-corrected chi connectivity index (χ2v) is 3.13. The van der Waals surface area contributed by atoms with Gasteiger partial charge in [-0.3, -0.25) is 0 Å². The normalized spacial score (nSPS) is 10.7. The summed E-state index contributed by atoms with van der Waals surface area (Å²) in [5.74, 6) is 0. The van der Waals surface area contributed by atoms with Gasteiger partial charge in [-0.2, -0.15) is 10.2 Å². The second kappa shape index (κ2) is 4.55. The van der Waals surface area contributed by atoms with Crippen LogP contribution in [0.5, 0.6) is 0 Å². The summed E-state index contributed by atoms with van der Waals surface area (Å²) >= 11 is 0. The summed E-state index contributed by atoms with van der Waals surface area (Å²) in [4.78, 5) is 0. The Morgan fingerprint density at radius 1 is 0.667 bits per heavy atom. The molecule has 0 spiro atoms. The number of hydrogen-bond donors (Lipinski definition) is 0. The van der Waals surface area contributed by atoms with Crippen molar-refractivity contribution in [3.05, 3.63) is 54.6 Å². The lowest BCUT2D eigenvalue weighted by molar-refractivity contribution is 1.23. The molecule has 0 heterocycles. The lowest BCUT2D eigenvalue weighted by Crippen LogP contribution is -1.97. The maximum Gasteiger partial charge on any atom is 0.113 e. The number of nitrogens with zero attached hydrogens (tertiary/aromatic N) is 2. The second-order valence-electron chi connectivity index (χ2n) is 3.13. The first kappa shape index (κ1) is 9.65. The summed E-state index contributed by atoms with van der Waals surface area (Å²) in [6, 6.07) is 16.9. The molecular weight excluding hydrogens is 183 g/mol. The van der Waals surface area contributed by atoms with E-state index in [1.54, 1.807) is 12.1 Å². The van der Waals surface area contributed by atoms with Gasteiger partial charge >= 0.3 is 0 Å². The van der Waals surface area contributed by atoms with E-state index in [2.05, 4.69) is 10.2 Å². The van der Waals surface area contributed by atoms with Crippen LogP contribution < -0.4 is 5.46 Å². The van der Waals surface area contributed by atoms with Crippen molar-refractivity contribution < 1.29 is 0 Å². The molecule has 15 heavy (non-hydrogen) atoms. The summed E-state index contributed by atoms with van der Waals surface area (Å²) in [7, 11) is 5.56. The van der Waals surface area contributed by atoms with Crippen molar-refractivity contribution in [3.8, 4) is 0 Å². The first-order chi connectivity index (χ1) is 7.34. The molecule has 0 aliphatic heterocycles. The van der Waals surface area contributed by atoms with Crippen LogP contribution in [-0.2, 0) is 0 Å². The molecule has 0 fully saturated rings. The lowest BCUT2D eigenvalue weighted by Gasteiger charge is -1.94. The quantitative estimate of drug-likeness (QED) is 0.516. The Bertz CT molecular complexity index is 449. The molecule has 2 radical (unpaired) electrons. The summed E-state index contributed by atoms with van der Waals surface area (Å²) in [5.41, 5.74) is 2.37. The molecule has 0 aromatic heterocycles. The Morgan fingerprint density at radius 2 is 1.20 bits per heavy atom. The van der Waals surface area contributed by atoms with E-state index < -0.39 is 0 Å². The number of rotatable bonds is 2. The summed E-state index contributed by atoms with van der Waals surface area (Å²) < 4.78 is 0. The highest BCUT2D eigenvalue weighted by Gasteiger charge is 1.88. The van der Waals surface area contributed by atoms with Gasteiger partial charge in [0.2, 0.25) is 0 Å². The number of hydrogen-bond acceptors (Lipinski definition) is 2. The molecule has 2 nitrogen and oxygen atoms in total. The molecule has 0 aliphatic carbocycles. The van der Waals surface area contributed by atoms with Crippen LogP contribution in [0.3, 0.4) is 0 Å². The molecule has 2 aromatic rings. The first-order valence-electron chi connectivity index (χ1n) is 4.67. The van der Waals surface area contributed by atoms with Crippen molar-refractivity contribution in [1.82, 2.24) is 0 Å². The Hall–Kier alpha value is -1.90. The molecule has 0 amide bonds. The third kappa shape index (κ3) is 2.77. The summed E-state index contributed by atoms with van der Waals surface area (Å²) in [6.45, 7) is 0. The standard InChI is InChI=1S/C12H9BN2/c13-10-6-8-12(9-7-10)15-14-11-4-2-1-3-5-11/h1-9H. The molecule has 70 valence electrons. The van der Waals surface area contributed by atoms with E-state index in [9.17, 15) is 0 Å². The van der Waals surface area contributed by atoms with E-state index in [0.717, 1.165) is 16.8 Å². The van der Waals surface area contributed by atoms with Gasteiger partial charge in [-0.15, -0.1) is 0 Å². The SMILES string of the molecule is [B]c1ccc(N=Nc2ccccc2)cc1. The molecule has 2 aromatic carbocycles. The average Bonchev–Trinajstić information content (AvgIpc) is 2.30. The predicted octanol–water partition coefficient (Wildman–Crippen LogP) is 2.90. The van der Waals surface area contributed by atoms with Crippen LogP contribution in [0.15, 0.2) is 64.8 Å². The van der Waals surface area contributed by atoms with E-state index in [-0.39, 0.29) is 0 Å². The highest BCUT2D eigenvalue weighted by molar-refractivity contribution is 6.32. The van der Waals surface area contributed by atoms with Gasteiger partial charge in [-0.1, -0.05) is 35.8 Å². The molecular formula is C12H9BN2. The van der Waals surface area contributed by atoms with Crippen molar-refractivity contribution in [2.45, 2.75) is 0 Å². The highest BCUT2D eigenvalue weighted by atomic mass is 15.1. The average molecular weight is 192 g/mol. The van der Waals surface area contributed by atoms with Gasteiger partial charge in [0.1, 0.15) is 7.85 Å². The molecule has 2 rings (SSSR count). The van der Waals surface area contributed by atoms with E-state index in [4.69, 9.17) is 7.85 Å². The zero-order chi connectivity index (χ0) is 10.5. The van der Waals surface area contributed by atoms with Crippen LogP contribution >= 0.6 is 0 Å². The number of benzene rings is 2. The number of azo groups is 1. The van der Waals surface area contributed by atoms with Crippen LogP contribution in [-0.4, -0.2) is 7.85 Å². The van der Waals surface area contributed by atoms with Crippen LogP contribution in [0.2, 0.25) is 0 Å². The van der Waals surface area contributed by atoms with Gasteiger partial charge in [0, 0.05) is 0 Å². The third-order valence-corrected chi connectivity index (χ3v) is 1.93. The van der Waals surface area contributed by atoms with Gasteiger partial charge in [0.15, 0.2) is 0 Å². The van der Waals surface area contributed by atoms with Gasteiger partial charge in [0.05, 0.1) is 11.4 Å². The molecule has 0 aliphatic rings. The Kier molecular flexibility index (Phi) is 2.93. The molecule has 0 unspecified atom stereocenters. The fourth-order valence-corrected chi connectivity index (χ4v) is 1.15. The van der Waals surface area contributed by atoms with Gasteiger partial charge in [0.25, 0.3) is 0 Å². The van der Waals surface area contributed by atoms with Crippen molar-refractivity contribution in [2.75, 3.05) is 0 Å². The van der Waals surface area contributed by atoms with Crippen LogP contribution in [0.1, 0.15) is 0 Å². The molecule has 0 atom stereocenters. The smallest absolute Gasteiger partial charge is 0.113 e. The Morgan fingerprint density at radius 3 is 1.80 bits per heavy atom. The molecule has 0 saturated carbocycles. The minimum absolute atomic E-state index is 0.730. The van der Waals surface area contributed by atoms with E-state index in [0.29, 0.717) is 0 Å². The van der Waals surface area contributed by atoms with E-state index in [1.165, 1.54) is 0 Å². The van der Waals surface area contributed by atoms with Crippen molar-refractivity contribution in [2.24, 2.45) is 10.2 Å². The molecule has 3 heteroatoms.